The molecule has 0 bridgehead atoms. The zero-order valence-corrected chi connectivity index (χ0v) is 18.0. The maximum Gasteiger partial charge on any atom is 0.332 e. The predicted molar refractivity (Wildman–Crippen MR) is 117 cm³/mol. The molecule has 1 aromatic carbocycles. The Morgan fingerprint density at radius 3 is 2.39 bits per heavy atom. The molecule has 0 spiro atoms. The van der Waals surface area contributed by atoms with Crippen molar-refractivity contribution in [3.05, 3.63) is 57.0 Å². The molecule has 2 aliphatic rings. The molecule has 8 nitrogen and oxygen atoms in total. The van der Waals surface area contributed by atoms with E-state index in [0.29, 0.717) is 50.8 Å². The van der Waals surface area contributed by atoms with E-state index in [-0.39, 0.29) is 28.9 Å². The highest BCUT2D eigenvalue weighted by Crippen LogP contribution is 2.25. The number of carbonyl (C=O) groups excluding carboxylic acids is 1. The summed E-state index contributed by atoms with van der Waals surface area (Å²) in [5.41, 5.74) is -0.152. The first-order valence-electron chi connectivity index (χ1n) is 10.7. The molecular weight excluding hydrogens is 401 g/mol. The van der Waals surface area contributed by atoms with Crippen molar-refractivity contribution < 1.29 is 9.18 Å². The van der Waals surface area contributed by atoms with Crippen LogP contribution in [-0.2, 0) is 18.9 Å². The maximum absolute atomic E-state index is 14.1. The van der Waals surface area contributed by atoms with Gasteiger partial charge in [-0.3, -0.25) is 18.7 Å². The maximum atomic E-state index is 14.1. The van der Waals surface area contributed by atoms with Crippen LogP contribution in [0.4, 0.5) is 15.9 Å². The lowest BCUT2D eigenvalue weighted by molar-refractivity contribution is -0.136. The van der Waals surface area contributed by atoms with E-state index in [1.165, 1.54) is 23.7 Å². The molecule has 31 heavy (non-hydrogen) atoms. The lowest BCUT2D eigenvalue weighted by atomic mass is 9.96. The highest BCUT2D eigenvalue weighted by molar-refractivity contribution is 5.80. The molecule has 2 aromatic rings. The Balaban J connectivity index is 1.43. The molecule has 9 heteroatoms. The predicted octanol–water partition coefficient (Wildman–Crippen LogP) is 0.788. The van der Waals surface area contributed by atoms with E-state index in [2.05, 4.69) is 0 Å². The summed E-state index contributed by atoms with van der Waals surface area (Å²) < 4.78 is 16.6. The molecule has 0 saturated carbocycles. The first-order valence-corrected chi connectivity index (χ1v) is 10.7. The number of halogens is 1. The second kappa shape index (κ2) is 8.56. The fourth-order valence-electron chi connectivity index (χ4n) is 4.55. The number of hydrogen-bond acceptors (Lipinski definition) is 5. The van der Waals surface area contributed by atoms with Gasteiger partial charge in [0.2, 0.25) is 5.91 Å². The van der Waals surface area contributed by atoms with E-state index in [9.17, 15) is 18.8 Å². The first-order chi connectivity index (χ1) is 14.9. The summed E-state index contributed by atoms with van der Waals surface area (Å²) in [4.78, 5) is 43.4. The van der Waals surface area contributed by atoms with Crippen molar-refractivity contribution >= 4 is 17.4 Å². The lowest BCUT2D eigenvalue weighted by Crippen LogP contribution is -2.53. The lowest BCUT2D eigenvalue weighted by Gasteiger charge is -2.40. The van der Waals surface area contributed by atoms with Gasteiger partial charge in [0.25, 0.3) is 5.56 Å². The number of nitrogens with zero attached hydrogens (tertiary/aromatic N) is 5. The Kier molecular flexibility index (Phi) is 5.84. The second-order valence-electron chi connectivity index (χ2n) is 8.29. The average Bonchev–Trinajstić information content (AvgIpc) is 2.80. The average molecular weight is 429 g/mol. The summed E-state index contributed by atoms with van der Waals surface area (Å²) in [7, 11) is 3.10. The molecule has 0 aliphatic carbocycles. The molecule has 1 aromatic heterocycles. The van der Waals surface area contributed by atoms with Gasteiger partial charge in [-0.05, 0) is 25.0 Å². The van der Waals surface area contributed by atoms with Crippen molar-refractivity contribution in [2.45, 2.75) is 12.8 Å². The van der Waals surface area contributed by atoms with E-state index in [0.717, 1.165) is 17.4 Å². The summed E-state index contributed by atoms with van der Waals surface area (Å²) in [5, 5.41) is 0. The van der Waals surface area contributed by atoms with E-state index in [4.69, 9.17) is 0 Å². The topological polar surface area (TPSA) is 70.8 Å². The van der Waals surface area contributed by atoms with E-state index in [1.807, 2.05) is 20.8 Å². The minimum absolute atomic E-state index is 0.0896. The number of rotatable bonds is 3. The van der Waals surface area contributed by atoms with Crippen LogP contribution in [0.5, 0.6) is 0 Å². The van der Waals surface area contributed by atoms with Crippen LogP contribution >= 0.6 is 0 Å². The number of aromatic nitrogens is 2. The summed E-state index contributed by atoms with van der Waals surface area (Å²) >= 11 is 0. The minimum Gasteiger partial charge on any atom is -0.366 e. The number of para-hydroxylation sites is 1. The smallest absolute Gasteiger partial charge is 0.332 e. The van der Waals surface area contributed by atoms with Gasteiger partial charge < -0.3 is 14.7 Å². The van der Waals surface area contributed by atoms with Gasteiger partial charge in [-0.25, -0.2) is 9.18 Å². The van der Waals surface area contributed by atoms with Gasteiger partial charge in [0, 0.05) is 59.4 Å². The monoisotopic (exact) mass is 429 g/mol. The van der Waals surface area contributed by atoms with Gasteiger partial charge in [0.05, 0.1) is 11.6 Å². The summed E-state index contributed by atoms with van der Waals surface area (Å²) in [6.07, 6.45) is 1.59. The Bertz CT molecular complexity index is 1090. The third-order valence-corrected chi connectivity index (χ3v) is 6.38. The van der Waals surface area contributed by atoms with Crippen molar-refractivity contribution in [2.75, 3.05) is 49.1 Å². The molecule has 4 rings (SSSR count). The number of benzene rings is 1. The fraction of sp³-hybridized carbons (Fsp3) is 0.500. The highest BCUT2D eigenvalue weighted by Gasteiger charge is 2.32. The molecule has 0 N–H and O–H groups in total. The molecule has 166 valence electrons. The number of carbonyl (C=O) groups is 1. The molecule has 2 fully saturated rings. The van der Waals surface area contributed by atoms with Gasteiger partial charge in [-0.2, -0.15) is 0 Å². The van der Waals surface area contributed by atoms with Crippen LogP contribution in [0, 0.1) is 11.7 Å². The molecule has 2 saturated heterocycles. The van der Waals surface area contributed by atoms with Crippen molar-refractivity contribution in [2.24, 2.45) is 20.0 Å². The Morgan fingerprint density at radius 2 is 1.68 bits per heavy atom. The van der Waals surface area contributed by atoms with E-state index < -0.39 is 0 Å². The first kappa shape index (κ1) is 21.1. The molecule has 1 amide bonds. The third kappa shape index (κ3) is 4.08. The van der Waals surface area contributed by atoms with Crippen LogP contribution in [0.25, 0.3) is 0 Å². The summed E-state index contributed by atoms with van der Waals surface area (Å²) in [6.45, 7) is 3.46. The van der Waals surface area contributed by atoms with E-state index >= 15 is 0 Å². The van der Waals surface area contributed by atoms with Gasteiger partial charge in [0.1, 0.15) is 11.6 Å². The van der Waals surface area contributed by atoms with Crippen LogP contribution in [0.1, 0.15) is 12.8 Å². The largest absolute Gasteiger partial charge is 0.366 e. The number of hydrogen-bond donors (Lipinski definition) is 0. The van der Waals surface area contributed by atoms with Gasteiger partial charge in [0.15, 0.2) is 0 Å². The standard InChI is InChI=1S/C22H28FN5O3/c1-24-19(14-20(29)25(2)22(24)31)28-9-5-6-16(15-28)21(30)27-12-10-26(11-13-27)18-8-4-3-7-17(18)23/h3-4,7-8,14,16H,5-6,9-13,15H2,1-2H3/t16-/m0/s1. The number of amides is 1. The van der Waals surface area contributed by atoms with Crippen LogP contribution in [0.3, 0.4) is 0 Å². The van der Waals surface area contributed by atoms with E-state index in [1.54, 1.807) is 19.2 Å². The van der Waals surface area contributed by atoms with Crippen LogP contribution < -0.4 is 21.0 Å². The second-order valence-corrected chi connectivity index (χ2v) is 8.29. The molecule has 3 heterocycles. The summed E-state index contributed by atoms with van der Waals surface area (Å²) in [5.74, 6) is 0.208. The minimum atomic E-state index is -0.375. The molecule has 2 aliphatic heterocycles. The third-order valence-electron chi connectivity index (χ3n) is 6.38. The van der Waals surface area contributed by atoms with Gasteiger partial charge >= 0.3 is 5.69 Å². The Labute approximate surface area is 180 Å². The SMILES string of the molecule is Cn1c(N2CCC[C@H](C(=O)N3CCN(c4ccccc4F)CC3)C2)cc(=O)n(C)c1=O. The molecule has 1 atom stereocenters. The van der Waals surface area contributed by atoms with Crippen molar-refractivity contribution in [1.29, 1.82) is 0 Å². The normalized spacial score (nSPS) is 19.6. The molecule has 0 radical (unpaired) electrons. The van der Waals surface area contributed by atoms with Crippen molar-refractivity contribution in [1.82, 2.24) is 14.0 Å². The quantitative estimate of drug-likeness (QED) is 0.722. The number of piperidine rings is 1. The Hall–Kier alpha value is -3.10. The van der Waals surface area contributed by atoms with Crippen molar-refractivity contribution in [3.8, 4) is 0 Å². The molecular formula is C22H28FN5O3. The zero-order valence-electron chi connectivity index (χ0n) is 18.0. The van der Waals surface area contributed by atoms with Gasteiger partial charge in [-0.1, -0.05) is 12.1 Å². The molecule has 0 unspecified atom stereocenters. The van der Waals surface area contributed by atoms with Crippen LogP contribution in [0.2, 0.25) is 0 Å². The zero-order chi connectivity index (χ0) is 22.1. The van der Waals surface area contributed by atoms with Gasteiger partial charge in [-0.15, -0.1) is 0 Å². The Morgan fingerprint density at radius 1 is 0.968 bits per heavy atom. The van der Waals surface area contributed by atoms with Crippen molar-refractivity contribution in [3.63, 3.8) is 0 Å². The van der Waals surface area contributed by atoms with Crippen LogP contribution in [-0.4, -0.2) is 59.2 Å². The summed E-state index contributed by atoms with van der Waals surface area (Å²) in [6, 6.07) is 8.16. The highest BCUT2D eigenvalue weighted by atomic mass is 19.1. The van der Waals surface area contributed by atoms with Crippen LogP contribution in [0.15, 0.2) is 39.9 Å². The fourth-order valence-corrected chi connectivity index (χ4v) is 4.55. The number of anilines is 2. The number of piperazine rings is 1.